The van der Waals surface area contributed by atoms with Crippen LogP contribution in [-0.4, -0.2) is 54.3 Å². The van der Waals surface area contributed by atoms with Gasteiger partial charge in [-0.1, -0.05) is 0 Å². The number of aromatic nitrogens is 2. The van der Waals surface area contributed by atoms with Crippen LogP contribution >= 0.6 is 0 Å². The average molecular weight is 357 g/mol. The van der Waals surface area contributed by atoms with Crippen molar-refractivity contribution in [3.63, 3.8) is 0 Å². The molecular formula is C15H17F2N3O3S. The van der Waals surface area contributed by atoms with E-state index in [9.17, 15) is 17.2 Å². The number of hydrogen-bond donors (Lipinski definition) is 0. The molecule has 1 saturated heterocycles. The van der Waals surface area contributed by atoms with Gasteiger partial charge in [-0.15, -0.1) is 0 Å². The van der Waals surface area contributed by atoms with Crippen molar-refractivity contribution in [2.45, 2.75) is 6.54 Å². The summed E-state index contributed by atoms with van der Waals surface area (Å²) in [6.07, 6.45) is 3.03. The smallest absolute Gasteiger partial charge is 0.216 e. The Morgan fingerprint density at radius 1 is 1.21 bits per heavy atom. The lowest BCUT2D eigenvalue weighted by Crippen LogP contribution is -2.42. The number of hydrogen-bond acceptors (Lipinski definition) is 4. The van der Waals surface area contributed by atoms with Crippen LogP contribution in [0.3, 0.4) is 0 Å². The van der Waals surface area contributed by atoms with Gasteiger partial charge in [-0.25, -0.2) is 22.2 Å². The van der Waals surface area contributed by atoms with E-state index >= 15 is 0 Å². The van der Waals surface area contributed by atoms with Crippen LogP contribution in [0.1, 0.15) is 0 Å². The van der Waals surface area contributed by atoms with E-state index in [-0.39, 0.29) is 23.7 Å². The zero-order valence-corrected chi connectivity index (χ0v) is 13.7. The Hall–Kier alpha value is -1.84. The van der Waals surface area contributed by atoms with Gasteiger partial charge >= 0.3 is 0 Å². The fourth-order valence-electron chi connectivity index (χ4n) is 2.57. The number of nitrogens with zero attached hydrogens (tertiary/aromatic N) is 3. The largest absolute Gasteiger partial charge is 0.379 e. The summed E-state index contributed by atoms with van der Waals surface area (Å²) in [7, 11) is -3.42. The first kappa shape index (κ1) is 17.0. The van der Waals surface area contributed by atoms with Crippen molar-refractivity contribution in [2.24, 2.45) is 0 Å². The first-order chi connectivity index (χ1) is 11.5. The first-order valence-corrected chi connectivity index (χ1v) is 9.10. The van der Waals surface area contributed by atoms with E-state index in [4.69, 9.17) is 4.74 Å². The summed E-state index contributed by atoms with van der Waals surface area (Å²) in [6.45, 7) is 1.58. The van der Waals surface area contributed by atoms with Gasteiger partial charge in [0.25, 0.3) is 0 Å². The highest BCUT2D eigenvalue weighted by Crippen LogP contribution is 2.22. The standard InChI is InChI=1S/C15H17F2N3O3S/c16-12-1-2-13(14(17)11-12)15-18-3-4-19(15)7-10-24(21,22)20-5-8-23-9-6-20/h1-4,11H,5-10H2. The minimum atomic E-state index is -3.42. The van der Waals surface area contributed by atoms with Crippen LogP contribution in [0.5, 0.6) is 0 Å². The maximum Gasteiger partial charge on any atom is 0.216 e. The molecule has 0 bridgehead atoms. The number of ether oxygens (including phenoxy) is 1. The molecular weight excluding hydrogens is 340 g/mol. The molecule has 2 heterocycles. The molecule has 9 heteroatoms. The molecule has 3 rings (SSSR count). The van der Waals surface area contributed by atoms with Gasteiger partial charge in [0.2, 0.25) is 10.0 Å². The Bertz CT molecular complexity index is 817. The summed E-state index contributed by atoms with van der Waals surface area (Å²) in [4.78, 5) is 4.06. The first-order valence-electron chi connectivity index (χ1n) is 7.49. The number of morpholine rings is 1. The highest BCUT2D eigenvalue weighted by atomic mass is 32.2. The number of halogens is 2. The lowest BCUT2D eigenvalue weighted by molar-refractivity contribution is 0.0730. The van der Waals surface area contributed by atoms with Gasteiger partial charge in [0.1, 0.15) is 17.5 Å². The van der Waals surface area contributed by atoms with Crippen molar-refractivity contribution in [2.75, 3.05) is 32.1 Å². The maximum absolute atomic E-state index is 13.9. The molecule has 0 aliphatic carbocycles. The summed E-state index contributed by atoms with van der Waals surface area (Å²) in [6, 6.07) is 3.21. The Kier molecular flexibility index (Phi) is 4.93. The molecule has 130 valence electrons. The summed E-state index contributed by atoms with van der Waals surface area (Å²) in [5.41, 5.74) is 0.130. The van der Waals surface area contributed by atoms with Crippen LogP contribution in [0.4, 0.5) is 8.78 Å². The molecule has 1 aromatic heterocycles. The molecule has 0 N–H and O–H groups in total. The predicted octanol–water partition coefficient (Wildman–Crippen LogP) is 1.49. The molecule has 0 spiro atoms. The molecule has 0 atom stereocenters. The lowest BCUT2D eigenvalue weighted by atomic mass is 10.2. The van der Waals surface area contributed by atoms with E-state index in [0.717, 1.165) is 12.1 Å². The minimum absolute atomic E-state index is 0.126. The second kappa shape index (κ2) is 6.96. The van der Waals surface area contributed by atoms with Crippen molar-refractivity contribution in [3.05, 3.63) is 42.2 Å². The summed E-state index contributed by atoms with van der Waals surface area (Å²) in [5.74, 6) is -1.27. The third kappa shape index (κ3) is 3.63. The van der Waals surface area contributed by atoms with Gasteiger partial charge in [-0.3, -0.25) is 0 Å². The van der Waals surface area contributed by atoms with Gasteiger partial charge in [-0.2, -0.15) is 4.31 Å². The number of benzene rings is 1. The minimum Gasteiger partial charge on any atom is -0.379 e. The average Bonchev–Trinajstić information content (AvgIpc) is 3.02. The van der Waals surface area contributed by atoms with E-state index < -0.39 is 21.7 Å². The second-order valence-electron chi connectivity index (χ2n) is 5.40. The van der Waals surface area contributed by atoms with E-state index in [1.165, 1.54) is 16.6 Å². The van der Waals surface area contributed by atoms with E-state index in [2.05, 4.69) is 4.98 Å². The third-order valence-electron chi connectivity index (χ3n) is 3.84. The molecule has 0 saturated carbocycles. The van der Waals surface area contributed by atoms with Crippen LogP contribution in [0, 0.1) is 11.6 Å². The van der Waals surface area contributed by atoms with Crippen LogP contribution in [0.15, 0.2) is 30.6 Å². The molecule has 0 radical (unpaired) electrons. The molecule has 24 heavy (non-hydrogen) atoms. The molecule has 6 nitrogen and oxygen atoms in total. The highest BCUT2D eigenvalue weighted by molar-refractivity contribution is 7.89. The van der Waals surface area contributed by atoms with Crippen LogP contribution in [0.25, 0.3) is 11.4 Å². The van der Waals surface area contributed by atoms with E-state index in [1.807, 2.05) is 0 Å². The van der Waals surface area contributed by atoms with Crippen molar-refractivity contribution < 1.29 is 21.9 Å². The number of rotatable bonds is 5. The SMILES string of the molecule is O=S(=O)(CCn1ccnc1-c1ccc(F)cc1F)N1CCOCC1. The van der Waals surface area contributed by atoms with Crippen LogP contribution in [0.2, 0.25) is 0 Å². The zero-order chi connectivity index (χ0) is 17.2. The fraction of sp³-hybridized carbons (Fsp3) is 0.400. The normalized spacial score (nSPS) is 16.4. The molecule has 1 fully saturated rings. The van der Waals surface area contributed by atoms with Crippen molar-refractivity contribution in [1.82, 2.24) is 13.9 Å². The van der Waals surface area contributed by atoms with Crippen molar-refractivity contribution in [3.8, 4) is 11.4 Å². The quantitative estimate of drug-likeness (QED) is 0.813. The van der Waals surface area contributed by atoms with E-state index in [1.54, 1.807) is 10.8 Å². The zero-order valence-electron chi connectivity index (χ0n) is 12.9. The second-order valence-corrected chi connectivity index (χ2v) is 7.48. The molecule has 1 aliphatic rings. The van der Waals surface area contributed by atoms with E-state index in [0.29, 0.717) is 26.3 Å². The van der Waals surface area contributed by atoms with Crippen LogP contribution < -0.4 is 0 Å². The molecule has 1 aromatic carbocycles. The summed E-state index contributed by atoms with van der Waals surface area (Å²) >= 11 is 0. The van der Waals surface area contributed by atoms with Gasteiger partial charge in [0, 0.05) is 38.1 Å². The lowest BCUT2D eigenvalue weighted by Gasteiger charge is -2.26. The number of sulfonamides is 1. The highest BCUT2D eigenvalue weighted by Gasteiger charge is 2.24. The summed E-state index contributed by atoms with van der Waals surface area (Å²) in [5, 5.41) is 0. The summed E-state index contributed by atoms with van der Waals surface area (Å²) < 4.78 is 59.8. The fourth-order valence-corrected chi connectivity index (χ4v) is 3.96. The van der Waals surface area contributed by atoms with Gasteiger partial charge in [-0.05, 0) is 12.1 Å². The van der Waals surface area contributed by atoms with Gasteiger partial charge < -0.3 is 9.30 Å². The topological polar surface area (TPSA) is 64.4 Å². The Morgan fingerprint density at radius 2 is 1.96 bits per heavy atom. The Morgan fingerprint density at radius 3 is 2.67 bits per heavy atom. The Balaban J connectivity index is 1.76. The predicted molar refractivity (Wildman–Crippen MR) is 83.8 cm³/mol. The van der Waals surface area contributed by atoms with Crippen molar-refractivity contribution >= 4 is 10.0 Å². The molecule has 1 aliphatic heterocycles. The number of imidazole rings is 1. The van der Waals surface area contributed by atoms with Crippen LogP contribution in [-0.2, 0) is 21.3 Å². The van der Waals surface area contributed by atoms with Gasteiger partial charge in [0.15, 0.2) is 0 Å². The molecule has 0 amide bonds. The maximum atomic E-state index is 13.9. The Labute approximate surface area is 138 Å². The van der Waals surface area contributed by atoms with Crippen molar-refractivity contribution in [1.29, 1.82) is 0 Å². The monoisotopic (exact) mass is 357 g/mol. The molecule has 0 unspecified atom stereocenters. The molecule has 2 aromatic rings. The van der Waals surface area contributed by atoms with Gasteiger partial charge in [0.05, 0.1) is 24.5 Å². The number of aryl methyl sites for hydroxylation is 1. The third-order valence-corrected chi connectivity index (χ3v) is 5.69.